The van der Waals surface area contributed by atoms with E-state index in [9.17, 15) is 5.11 Å². The molecule has 21 heavy (non-hydrogen) atoms. The molecule has 0 spiro atoms. The van der Waals surface area contributed by atoms with Crippen molar-refractivity contribution in [2.45, 2.75) is 19.3 Å². The summed E-state index contributed by atoms with van der Waals surface area (Å²) in [4.78, 5) is 2.03. The first-order valence-corrected chi connectivity index (χ1v) is 7.20. The number of likely N-dealkylation sites (N-methyl/N-ethyl adjacent to an activating group) is 1. The zero-order valence-electron chi connectivity index (χ0n) is 12.3. The molecular formula is C15H21ClN2O3. The van der Waals surface area contributed by atoms with E-state index in [0.29, 0.717) is 13.2 Å². The molecule has 0 bridgehead atoms. The molecule has 0 aliphatic rings. The Hall–Kier alpha value is -1.27. The van der Waals surface area contributed by atoms with Gasteiger partial charge in [-0.15, -0.1) is 0 Å². The smallest absolute Gasteiger partial charge is 0.129 e. The van der Waals surface area contributed by atoms with Crippen LogP contribution in [0.1, 0.15) is 11.5 Å². The van der Waals surface area contributed by atoms with Crippen LogP contribution in [-0.4, -0.2) is 40.9 Å². The topological polar surface area (TPSA) is 50.8 Å². The maximum Gasteiger partial charge on any atom is 0.129 e. The molecule has 0 saturated heterocycles. The van der Waals surface area contributed by atoms with Gasteiger partial charge in [0.15, 0.2) is 0 Å². The Balaban J connectivity index is 1.69. The number of aliphatic hydroxyl groups excluding tert-OH is 1. The number of nitrogens with zero attached hydrogens (tertiary/aromatic N) is 2. The van der Waals surface area contributed by atoms with Gasteiger partial charge in [-0.25, -0.2) is 0 Å². The number of ether oxygens (including phenoxy) is 1. The average Bonchev–Trinajstić information content (AvgIpc) is 3.00. The third-order valence-corrected chi connectivity index (χ3v) is 3.37. The summed E-state index contributed by atoms with van der Waals surface area (Å²) in [6, 6.07) is 5.59. The molecule has 1 unspecified atom stereocenters. The molecule has 5 nitrogen and oxygen atoms in total. The second kappa shape index (κ2) is 7.66. The van der Waals surface area contributed by atoms with Crippen molar-refractivity contribution in [3.63, 3.8) is 0 Å². The summed E-state index contributed by atoms with van der Waals surface area (Å²) >= 11 is 5.95. The predicted octanol–water partition coefficient (Wildman–Crippen LogP) is 2.28. The van der Waals surface area contributed by atoms with Gasteiger partial charge in [0.25, 0.3) is 0 Å². The van der Waals surface area contributed by atoms with Crippen LogP contribution in [0.15, 0.2) is 35.1 Å². The highest BCUT2D eigenvalue weighted by Gasteiger charge is 2.11. The summed E-state index contributed by atoms with van der Waals surface area (Å²) < 4.78 is 12.6. The maximum atomic E-state index is 9.97. The number of aryl methyl sites for hydroxylation is 1. The summed E-state index contributed by atoms with van der Waals surface area (Å²) in [6.07, 6.45) is 2.93. The van der Waals surface area contributed by atoms with Crippen LogP contribution in [0, 0.1) is 0 Å². The molecular weight excluding hydrogens is 292 g/mol. The quantitative estimate of drug-likeness (QED) is 0.812. The molecule has 2 aromatic heterocycles. The molecule has 1 atom stereocenters. The highest BCUT2D eigenvalue weighted by atomic mass is 35.5. The number of halogens is 1. The Bertz CT molecular complexity index is 539. The fourth-order valence-corrected chi connectivity index (χ4v) is 2.44. The van der Waals surface area contributed by atoms with Crippen LogP contribution in [0.4, 0.5) is 0 Å². The van der Waals surface area contributed by atoms with E-state index in [4.69, 9.17) is 20.8 Å². The van der Waals surface area contributed by atoms with Crippen LogP contribution in [0.3, 0.4) is 0 Å². The summed E-state index contributed by atoms with van der Waals surface area (Å²) in [5.74, 6) is 0.758. The molecule has 0 aliphatic carbocycles. The standard InChI is InChI=1S/C15H21ClN2O3/c1-17(8-13-6-12(16)7-18(13)2)9-14(19)10-20-11-15-4-3-5-21-15/h3-7,14,19H,8-11H2,1-2H3. The molecule has 0 radical (unpaired) electrons. The number of hydrogen-bond acceptors (Lipinski definition) is 4. The minimum absolute atomic E-state index is 0.277. The zero-order valence-corrected chi connectivity index (χ0v) is 13.1. The van der Waals surface area contributed by atoms with Gasteiger partial charge in [-0.05, 0) is 25.2 Å². The Morgan fingerprint density at radius 3 is 2.95 bits per heavy atom. The van der Waals surface area contributed by atoms with Crippen molar-refractivity contribution in [2.75, 3.05) is 20.2 Å². The largest absolute Gasteiger partial charge is 0.467 e. The van der Waals surface area contributed by atoms with Crippen LogP contribution < -0.4 is 0 Å². The van der Waals surface area contributed by atoms with Crippen molar-refractivity contribution in [2.24, 2.45) is 7.05 Å². The Kier molecular flexibility index (Phi) is 5.87. The van der Waals surface area contributed by atoms with Crippen LogP contribution in [0.25, 0.3) is 0 Å². The van der Waals surface area contributed by atoms with E-state index in [2.05, 4.69) is 0 Å². The third-order valence-electron chi connectivity index (χ3n) is 3.16. The van der Waals surface area contributed by atoms with Gasteiger partial charge in [-0.3, -0.25) is 4.90 Å². The number of hydrogen-bond donors (Lipinski definition) is 1. The molecule has 0 aliphatic heterocycles. The molecule has 0 aromatic carbocycles. The molecule has 2 heterocycles. The van der Waals surface area contributed by atoms with Crippen molar-refractivity contribution in [3.8, 4) is 0 Å². The van der Waals surface area contributed by atoms with Gasteiger partial charge in [0.05, 0.1) is 24.0 Å². The lowest BCUT2D eigenvalue weighted by Gasteiger charge is -2.20. The molecule has 0 amide bonds. The van der Waals surface area contributed by atoms with Gasteiger partial charge in [0, 0.05) is 32.0 Å². The molecule has 1 N–H and O–H groups in total. The van der Waals surface area contributed by atoms with Crippen molar-refractivity contribution in [1.29, 1.82) is 0 Å². The SMILES string of the molecule is CN(Cc1cc(Cl)cn1C)CC(O)COCc1ccco1. The lowest BCUT2D eigenvalue weighted by Crippen LogP contribution is -2.32. The summed E-state index contributed by atoms with van der Waals surface area (Å²) in [5, 5.41) is 10.7. The Morgan fingerprint density at radius 2 is 2.33 bits per heavy atom. The van der Waals surface area contributed by atoms with Crippen LogP contribution in [-0.2, 0) is 24.9 Å². The minimum Gasteiger partial charge on any atom is -0.467 e. The summed E-state index contributed by atoms with van der Waals surface area (Å²) in [6.45, 7) is 1.90. The van der Waals surface area contributed by atoms with Crippen LogP contribution in [0.5, 0.6) is 0 Å². The van der Waals surface area contributed by atoms with Crippen molar-refractivity contribution in [3.05, 3.63) is 47.1 Å². The van der Waals surface area contributed by atoms with E-state index in [0.717, 1.165) is 23.0 Å². The van der Waals surface area contributed by atoms with Crippen molar-refractivity contribution >= 4 is 11.6 Å². The van der Waals surface area contributed by atoms with E-state index in [-0.39, 0.29) is 6.61 Å². The summed E-state index contributed by atoms with van der Waals surface area (Å²) in [7, 11) is 3.91. The summed E-state index contributed by atoms with van der Waals surface area (Å²) in [5.41, 5.74) is 1.10. The van der Waals surface area contributed by atoms with E-state index >= 15 is 0 Å². The monoisotopic (exact) mass is 312 g/mol. The lowest BCUT2D eigenvalue weighted by molar-refractivity contribution is 0.00747. The third kappa shape index (κ3) is 5.21. The van der Waals surface area contributed by atoms with Crippen molar-refractivity contribution < 1.29 is 14.3 Å². The minimum atomic E-state index is -0.541. The number of rotatable bonds is 8. The molecule has 0 saturated carbocycles. The Morgan fingerprint density at radius 1 is 1.52 bits per heavy atom. The second-order valence-corrected chi connectivity index (χ2v) is 5.64. The molecule has 2 rings (SSSR count). The van der Waals surface area contributed by atoms with Crippen LogP contribution in [0.2, 0.25) is 5.02 Å². The van der Waals surface area contributed by atoms with E-state index in [1.54, 1.807) is 6.26 Å². The fraction of sp³-hybridized carbons (Fsp3) is 0.467. The van der Waals surface area contributed by atoms with Crippen molar-refractivity contribution in [1.82, 2.24) is 9.47 Å². The van der Waals surface area contributed by atoms with Gasteiger partial charge in [-0.2, -0.15) is 0 Å². The average molecular weight is 313 g/mol. The van der Waals surface area contributed by atoms with Gasteiger partial charge < -0.3 is 18.8 Å². The van der Waals surface area contributed by atoms with E-state index in [1.807, 2.05) is 48.0 Å². The predicted molar refractivity (Wildman–Crippen MR) is 81.1 cm³/mol. The van der Waals surface area contributed by atoms with Gasteiger partial charge >= 0.3 is 0 Å². The molecule has 0 fully saturated rings. The fourth-order valence-electron chi connectivity index (χ4n) is 2.17. The molecule has 2 aromatic rings. The highest BCUT2D eigenvalue weighted by Crippen LogP contribution is 2.14. The zero-order chi connectivity index (χ0) is 15.2. The van der Waals surface area contributed by atoms with Gasteiger partial charge in [0.1, 0.15) is 12.4 Å². The first-order chi connectivity index (χ1) is 10.0. The Labute approximate surface area is 129 Å². The lowest BCUT2D eigenvalue weighted by atomic mass is 10.3. The molecule has 116 valence electrons. The second-order valence-electron chi connectivity index (χ2n) is 5.21. The number of furan rings is 1. The number of aromatic nitrogens is 1. The first-order valence-electron chi connectivity index (χ1n) is 6.82. The number of aliphatic hydroxyl groups is 1. The molecule has 6 heteroatoms. The van der Waals surface area contributed by atoms with E-state index in [1.165, 1.54) is 0 Å². The first kappa shape index (κ1) is 16.1. The van der Waals surface area contributed by atoms with E-state index < -0.39 is 6.10 Å². The maximum absolute atomic E-state index is 9.97. The van der Waals surface area contributed by atoms with Crippen LogP contribution >= 0.6 is 11.6 Å². The van der Waals surface area contributed by atoms with Gasteiger partial charge in [-0.1, -0.05) is 11.6 Å². The highest BCUT2D eigenvalue weighted by molar-refractivity contribution is 6.30. The van der Waals surface area contributed by atoms with Gasteiger partial charge in [0.2, 0.25) is 0 Å². The normalized spacial score (nSPS) is 13.0.